The van der Waals surface area contributed by atoms with E-state index >= 15 is 0 Å². The Kier molecular flexibility index (Phi) is 6.88. The van der Waals surface area contributed by atoms with Crippen LogP contribution in [0.3, 0.4) is 0 Å². The van der Waals surface area contributed by atoms with E-state index in [9.17, 15) is 14.7 Å². The van der Waals surface area contributed by atoms with E-state index in [1.54, 1.807) is 0 Å². The van der Waals surface area contributed by atoms with Crippen molar-refractivity contribution in [2.75, 3.05) is 0 Å². The molecular formula is C16H23NO4. The van der Waals surface area contributed by atoms with E-state index in [0.29, 0.717) is 6.42 Å². The Hall–Kier alpha value is -1.88. The van der Waals surface area contributed by atoms with Gasteiger partial charge in [0, 0.05) is 6.42 Å². The minimum atomic E-state index is -1.25. The highest BCUT2D eigenvalue weighted by molar-refractivity contribution is 5.83. The monoisotopic (exact) mass is 293 g/mol. The fourth-order valence-electron chi connectivity index (χ4n) is 2.03. The first-order valence-electron chi connectivity index (χ1n) is 7.22. The van der Waals surface area contributed by atoms with Crippen molar-refractivity contribution in [3.8, 4) is 0 Å². The summed E-state index contributed by atoms with van der Waals surface area (Å²) in [6, 6.07) is 6.99. The summed E-state index contributed by atoms with van der Waals surface area (Å²) in [6.45, 7) is 3.44. The fraction of sp³-hybridized carbons (Fsp3) is 0.500. The summed E-state index contributed by atoms with van der Waals surface area (Å²) in [7, 11) is 0. The van der Waals surface area contributed by atoms with Gasteiger partial charge in [0.1, 0.15) is 0 Å². The molecule has 0 bridgehead atoms. The van der Waals surface area contributed by atoms with Crippen LogP contribution in [0.2, 0.25) is 0 Å². The molecule has 0 spiro atoms. The van der Waals surface area contributed by atoms with Gasteiger partial charge in [0.15, 0.2) is 6.04 Å². The molecule has 0 radical (unpaired) electrons. The van der Waals surface area contributed by atoms with Gasteiger partial charge in [-0.25, -0.2) is 4.79 Å². The van der Waals surface area contributed by atoms with Gasteiger partial charge < -0.3 is 15.5 Å². The molecule has 3 N–H and O–H groups in total. The highest BCUT2D eigenvalue weighted by atomic mass is 16.4. The number of carboxylic acids is 1. The summed E-state index contributed by atoms with van der Waals surface area (Å²) in [5, 5.41) is 20.5. The Morgan fingerprint density at radius 2 is 1.76 bits per heavy atom. The molecule has 0 heterocycles. The average molecular weight is 293 g/mol. The highest BCUT2D eigenvalue weighted by Gasteiger charge is 2.24. The molecule has 1 rings (SSSR count). The van der Waals surface area contributed by atoms with Gasteiger partial charge in [-0.2, -0.15) is 0 Å². The smallest absolute Gasteiger partial charge is 0.328 e. The molecule has 2 unspecified atom stereocenters. The third-order valence-corrected chi connectivity index (χ3v) is 3.37. The first-order chi connectivity index (χ1) is 9.93. The van der Waals surface area contributed by atoms with Crippen molar-refractivity contribution in [3.05, 3.63) is 35.4 Å². The number of hydrogen-bond donors (Lipinski definition) is 3. The molecule has 0 aromatic heterocycles. The number of carbonyl (C=O) groups excluding carboxylic acids is 1. The molecule has 0 aliphatic rings. The molecule has 2 atom stereocenters. The van der Waals surface area contributed by atoms with E-state index in [1.165, 1.54) is 12.5 Å². The summed E-state index contributed by atoms with van der Waals surface area (Å²) in [5.74, 6) is -1.58. The first-order valence-corrected chi connectivity index (χ1v) is 7.22. The SMILES string of the molecule is CCc1ccc(CCCC(=O)NC(C(=O)O)C(C)O)cc1. The van der Waals surface area contributed by atoms with E-state index in [2.05, 4.69) is 24.4 Å². The van der Waals surface area contributed by atoms with Crippen LogP contribution in [-0.4, -0.2) is 34.2 Å². The summed E-state index contributed by atoms with van der Waals surface area (Å²) in [4.78, 5) is 22.5. The minimum Gasteiger partial charge on any atom is -0.480 e. The van der Waals surface area contributed by atoms with E-state index in [1.807, 2.05) is 12.1 Å². The number of aryl methyl sites for hydroxylation is 2. The molecule has 1 aromatic carbocycles. The molecule has 0 aliphatic heterocycles. The van der Waals surface area contributed by atoms with Crippen molar-refractivity contribution in [3.63, 3.8) is 0 Å². The standard InChI is InChI=1S/C16H23NO4/c1-3-12-7-9-13(10-8-12)5-4-6-14(19)17-15(11(2)18)16(20)21/h7-11,15,18H,3-6H2,1-2H3,(H,17,19)(H,20,21). The van der Waals surface area contributed by atoms with Crippen LogP contribution in [0.15, 0.2) is 24.3 Å². The van der Waals surface area contributed by atoms with Crippen LogP contribution in [0, 0.1) is 0 Å². The quantitative estimate of drug-likeness (QED) is 0.678. The molecule has 116 valence electrons. The number of nitrogens with one attached hydrogen (secondary N) is 1. The first kappa shape index (κ1) is 17.2. The summed E-state index contributed by atoms with van der Waals surface area (Å²) in [6.07, 6.45) is 1.53. The molecule has 5 heteroatoms. The second-order valence-corrected chi connectivity index (χ2v) is 5.15. The van der Waals surface area contributed by atoms with Crippen LogP contribution in [0.5, 0.6) is 0 Å². The van der Waals surface area contributed by atoms with Crippen molar-refractivity contribution < 1.29 is 19.8 Å². The Morgan fingerprint density at radius 1 is 1.19 bits per heavy atom. The van der Waals surface area contributed by atoms with Gasteiger partial charge in [0.2, 0.25) is 5.91 Å². The van der Waals surface area contributed by atoms with E-state index in [4.69, 9.17) is 5.11 Å². The lowest BCUT2D eigenvalue weighted by molar-refractivity contribution is -0.144. The Bertz CT molecular complexity index is 468. The maximum Gasteiger partial charge on any atom is 0.328 e. The number of rotatable bonds is 8. The van der Waals surface area contributed by atoms with Crippen LogP contribution in [0.4, 0.5) is 0 Å². The van der Waals surface area contributed by atoms with Crippen LogP contribution < -0.4 is 5.32 Å². The second kappa shape index (κ2) is 8.42. The lowest BCUT2D eigenvalue weighted by atomic mass is 10.0. The zero-order valence-corrected chi connectivity index (χ0v) is 12.5. The maximum absolute atomic E-state index is 11.7. The molecule has 21 heavy (non-hydrogen) atoms. The lowest BCUT2D eigenvalue weighted by Crippen LogP contribution is -2.47. The predicted octanol–water partition coefficient (Wildman–Crippen LogP) is 1.52. The van der Waals surface area contributed by atoms with Gasteiger partial charge in [-0.15, -0.1) is 0 Å². The minimum absolute atomic E-state index is 0.242. The maximum atomic E-state index is 11.7. The van der Waals surface area contributed by atoms with E-state index in [0.717, 1.165) is 18.4 Å². The lowest BCUT2D eigenvalue weighted by Gasteiger charge is -2.16. The number of hydrogen-bond acceptors (Lipinski definition) is 3. The van der Waals surface area contributed by atoms with Crippen molar-refractivity contribution >= 4 is 11.9 Å². The molecule has 5 nitrogen and oxygen atoms in total. The average Bonchev–Trinajstić information content (AvgIpc) is 2.45. The van der Waals surface area contributed by atoms with Gasteiger partial charge >= 0.3 is 5.97 Å². The summed E-state index contributed by atoms with van der Waals surface area (Å²) < 4.78 is 0. The Morgan fingerprint density at radius 3 is 2.24 bits per heavy atom. The molecule has 0 aliphatic carbocycles. The number of carbonyl (C=O) groups is 2. The van der Waals surface area contributed by atoms with E-state index in [-0.39, 0.29) is 12.3 Å². The van der Waals surface area contributed by atoms with Crippen LogP contribution in [-0.2, 0) is 22.4 Å². The van der Waals surface area contributed by atoms with Gasteiger partial charge in [-0.05, 0) is 37.3 Å². The van der Waals surface area contributed by atoms with Crippen molar-refractivity contribution in [2.45, 2.75) is 51.7 Å². The number of aliphatic hydroxyl groups excluding tert-OH is 1. The number of aliphatic carboxylic acids is 1. The van der Waals surface area contributed by atoms with Crippen molar-refractivity contribution in [1.29, 1.82) is 0 Å². The van der Waals surface area contributed by atoms with Crippen LogP contribution >= 0.6 is 0 Å². The molecule has 0 saturated carbocycles. The molecule has 0 saturated heterocycles. The normalized spacial score (nSPS) is 13.5. The topological polar surface area (TPSA) is 86.6 Å². The van der Waals surface area contributed by atoms with E-state index < -0.39 is 18.1 Å². The van der Waals surface area contributed by atoms with Gasteiger partial charge in [-0.1, -0.05) is 31.2 Å². The Labute approximate surface area is 125 Å². The van der Waals surface area contributed by atoms with Crippen molar-refractivity contribution in [2.24, 2.45) is 0 Å². The van der Waals surface area contributed by atoms with Crippen LogP contribution in [0.25, 0.3) is 0 Å². The fourth-order valence-corrected chi connectivity index (χ4v) is 2.03. The summed E-state index contributed by atoms with van der Waals surface area (Å²) >= 11 is 0. The molecule has 1 aromatic rings. The largest absolute Gasteiger partial charge is 0.480 e. The zero-order chi connectivity index (χ0) is 15.8. The Balaban J connectivity index is 2.37. The summed E-state index contributed by atoms with van der Waals surface area (Å²) in [5.41, 5.74) is 2.43. The van der Waals surface area contributed by atoms with Crippen LogP contribution in [0.1, 0.15) is 37.8 Å². The third-order valence-electron chi connectivity index (χ3n) is 3.37. The zero-order valence-electron chi connectivity index (χ0n) is 12.5. The van der Waals surface area contributed by atoms with Gasteiger partial charge in [0.25, 0.3) is 0 Å². The number of benzene rings is 1. The second-order valence-electron chi connectivity index (χ2n) is 5.15. The van der Waals surface area contributed by atoms with Gasteiger partial charge in [-0.3, -0.25) is 4.79 Å². The molecule has 1 amide bonds. The third kappa shape index (κ3) is 5.95. The number of aliphatic hydroxyl groups is 1. The van der Waals surface area contributed by atoms with Crippen molar-refractivity contribution in [1.82, 2.24) is 5.32 Å². The number of amides is 1. The number of carboxylic acid groups (broad SMARTS) is 1. The predicted molar refractivity (Wildman–Crippen MR) is 80.0 cm³/mol. The molecule has 0 fully saturated rings. The highest BCUT2D eigenvalue weighted by Crippen LogP contribution is 2.08. The molecular weight excluding hydrogens is 270 g/mol. The van der Waals surface area contributed by atoms with Gasteiger partial charge in [0.05, 0.1) is 6.10 Å².